The summed E-state index contributed by atoms with van der Waals surface area (Å²) in [4.78, 5) is 16.4. The van der Waals surface area contributed by atoms with Gasteiger partial charge in [0.05, 0.1) is 11.6 Å². The van der Waals surface area contributed by atoms with Gasteiger partial charge in [-0.05, 0) is 18.2 Å². The van der Waals surface area contributed by atoms with Crippen LogP contribution in [0.25, 0.3) is 0 Å². The molecule has 1 aromatic heterocycles. The smallest absolute Gasteiger partial charge is 0.270 e. The number of carbonyl (C=O) groups excluding carboxylic acids is 1. The van der Waals surface area contributed by atoms with E-state index >= 15 is 0 Å². The first kappa shape index (κ1) is 13.5. The monoisotopic (exact) mass is 278 g/mol. The summed E-state index contributed by atoms with van der Waals surface area (Å²) >= 11 is 5.77. The number of likely N-dealkylation sites (N-methyl/N-ethyl adjacent to an activating group) is 1. The Bertz CT molecular complexity index is 539. The van der Waals surface area contributed by atoms with Crippen molar-refractivity contribution in [3.8, 4) is 5.75 Å². The highest BCUT2D eigenvalue weighted by Gasteiger charge is 2.13. The number of nitrogens with zero attached hydrogens (tertiary/aromatic N) is 1. The van der Waals surface area contributed by atoms with Crippen molar-refractivity contribution in [3.05, 3.63) is 53.3 Å². The van der Waals surface area contributed by atoms with Crippen LogP contribution < -0.4 is 4.74 Å². The van der Waals surface area contributed by atoms with Gasteiger partial charge in [-0.15, -0.1) is 0 Å². The number of aromatic nitrogens is 1. The predicted molar refractivity (Wildman–Crippen MR) is 74.7 cm³/mol. The third-order valence-electron chi connectivity index (χ3n) is 2.66. The number of hydrogen-bond acceptors (Lipinski definition) is 2. The predicted octanol–water partition coefficient (Wildman–Crippen LogP) is 2.82. The normalized spacial score (nSPS) is 10.2. The van der Waals surface area contributed by atoms with Crippen LogP contribution in [0.1, 0.15) is 10.5 Å². The summed E-state index contributed by atoms with van der Waals surface area (Å²) in [5.41, 5.74) is 0.479. The summed E-state index contributed by atoms with van der Waals surface area (Å²) in [6.45, 7) is 0.949. The molecule has 0 unspecified atom stereocenters. The molecule has 0 atom stereocenters. The standard InChI is InChI=1S/C14H15ClN2O2/c1-17(14(18)13-9-11(15)10-16-13)7-8-19-12-5-3-2-4-6-12/h2-6,9-10,16H,7-8H2,1H3. The van der Waals surface area contributed by atoms with Gasteiger partial charge in [-0.2, -0.15) is 0 Å². The topological polar surface area (TPSA) is 45.3 Å². The average Bonchev–Trinajstić information content (AvgIpc) is 2.85. The van der Waals surface area contributed by atoms with Crippen LogP contribution in [0.5, 0.6) is 5.75 Å². The van der Waals surface area contributed by atoms with Gasteiger partial charge in [-0.3, -0.25) is 4.79 Å². The Balaban J connectivity index is 1.81. The lowest BCUT2D eigenvalue weighted by molar-refractivity contribution is 0.0768. The fourth-order valence-electron chi connectivity index (χ4n) is 1.62. The van der Waals surface area contributed by atoms with E-state index in [9.17, 15) is 4.79 Å². The number of benzene rings is 1. The van der Waals surface area contributed by atoms with Gasteiger partial charge in [0.1, 0.15) is 18.1 Å². The molecule has 0 fully saturated rings. The van der Waals surface area contributed by atoms with E-state index in [0.717, 1.165) is 5.75 Å². The summed E-state index contributed by atoms with van der Waals surface area (Å²) in [7, 11) is 1.73. The Hall–Kier alpha value is -1.94. The van der Waals surface area contributed by atoms with Crippen LogP contribution >= 0.6 is 11.6 Å². The van der Waals surface area contributed by atoms with E-state index in [-0.39, 0.29) is 5.91 Å². The van der Waals surface area contributed by atoms with E-state index in [1.54, 1.807) is 24.2 Å². The van der Waals surface area contributed by atoms with Crippen LogP contribution in [-0.2, 0) is 0 Å². The highest BCUT2D eigenvalue weighted by Crippen LogP contribution is 2.11. The number of H-pyrrole nitrogens is 1. The number of hydrogen-bond donors (Lipinski definition) is 1. The van der Waals surface area contributed by atoms with Gasteiger partial charge in [0.25, 0.3) is 5.91 Å². The number of nitrogens with one attached hydrogen (secondary N) is 1. The van der Waals surface area contributed by atoms with Crippen LogP contribution in [0.4, 0.5) is 0 Å². The molecular formula is C14H15ClN2O2. The lowest BCUT2D eigenvalue weighted by Gasteiger charge is -2.16. The lowest BCUT2D eigenvalue weighted by Crippen LogP contribution is -2.31. The summed E-state index contributed by atoms with van der Waals surface area (Å²) in [5.74, 6) is 0.690. The molecule has 1 N–H and O–H groups in total. The first-order valence-electron chi connectivity index (χ1n) is 5.94. The van der Waals surface area contributed by atoms with Gasteiger partial charge in [0, 0.05) is 13.2 Å². The second-order valence-electron chi connectivity index (χ2n) is 4.12. The molecule has 0 saturated carbocycles. The van der Waals surface area contributed by atoms with Crippen LogP contribution in [0.3, 0.4) is 0 Å². The number of carbonyl (C=O) groups is 1. The molecule has 0 spiro atoms. The van der Waals surface area contributed by atoms with Gasteiger partial charge in [-0.1, -0.05) is 29.8 Å². The van der Waals surface area contributed by atoms with E-state index in [0.29, 0.717) is 23.9 Å². The number of halogens is 1. The van der Waals surface area contributed by atoms with E-state index in [1.165, 1.54) is 0 Å². The van der Waals surface area contributed by atoms with Gasteiger partial charge in [0.15, 0.2) is 0 Å². The molecule has 5 heteroatoms. The molecule has 1 aromatic carbocycles. The maximum atomic E-state index is 12.0. The molecule has 0 saturated heterocycles. The van der Waals surface area contributed by atoms with E-state index in [1.807, 2.05) is 30.3 Å². The zero-order valence-electron chi connectivity index (χ0n) is 10.6. The first-order chi connectivity index (χ1) is 9.16. The number of ether oxygens (including phenoxy) is 1. The molecule has 2 aromatic rings. The number of rotatable bonds is 5. The average molecular weight is 279 g/mol. The van der Waals surface area contributed by atoms with Crippen molar-refractivity contribution in [2.45, 2.75) is 0 Å². The SMILES string of the molecule is CN(CCOc1ccccc1)C(=O)c1cc(Cl)c[nH]1. The summed E-state index contributed by atoms with van der Waals surface area (Å²) < 4.78 is 5.54. The second kappa shape index (κ2) is 6.29. The van der Waals surface area contributed by atoms with Crippen molar-refractivity contribution < 1.29 is 9.53 Å². The van der Waals surface area contributed by atoms with Gasteiger partial charge < -0.3 is 14.6 Å². The minimum Gasteiger partial charge on any atom is -0.492 e. The molecule has 0 radical (unpaired) electrons. The molecule has 19 heavy (non-hydrogen) atoms. The second-order valence-corrected chi connectivity index (χ2v) is 4.56. The minimum atomic E-state index is -0.108. The summed E-state index contributed by atoms with van der Waals surface area (Å²) in [6.07, 6.45) is 1.59. The third-order valence-corrected chi connectivity index (χ3v) is 2.88. The molecule has 100 valence electrons. The summed E-state index contributed by atoms with van der Waals surface area (Å²) in [5, 5.41) is 0.525. The fourth-order valence-corrected chi connectivity index (χ4v) is 1.78. The largest absolute Gasteiger partial charge is 0.492 e. The molecular weight excluding hydrogens is 264 g/mol. The van der Waals surface area contributed by atoms with Crippen molar-refractivity contribution in [1.29, 1.82) is 0 Å². The van der Waals surface area contributed by atoms with Crippen LogP contribution in [0.15, 0.2) is 42.6 Å². The molecule has 0 aliphatic heterocycles. The molecule has 2 rings (SSSR count). The zero-order valence-corrected chi connectivity index (χ0v) is 11.4. The highest BCUT2D eigenvalue weighted by molar-refractivity contribution is 6.30. The van der Waals surface area contributed by atoms with Gasteiger partial charge in [0.2, 0.25) is 0 Å². The Morgan fingerprint density at radius 1 is 1.37 bits per heavy atom. The molecule has 1 heterocycles. The van der Waals surface area contributed by atoms with E-state index < -0.39 is 0 Å². The van der Waals surface area contributed by atoms with Crippen LogP contribution in [-0.4, -0.2) is 36.0 Å². The third kappa shape index (κ3) is 3.76. The van der Waals surface area contributed by atoms with Crippen molar-refractivity contribution in [3.63, 3.8) is 0 Å². The number of para-hydroxylation sites is 1. The Morgan fingerprint density at radius 3 is 2.74 bits per heavy atom. The molecule has 4 nitrogen and oxygen atoms in total. The van der Waals surface area contributed by atoms with Crippen LogP contribution in [0, 0.1) is 0 Å². The number of amides is 1. The van der Waals surface area contributed by atoms with Gasteiger partial charge >= 0.3 is 0 Å². The van der Waals surface area contributed by atoms with Crippen molar-refractivity contribution in [1.82, 2.24) is 9.88 Å². The van der Waals surface area contributed by atoms with Crippen LogP contribution in [0.2, 0.25) is 5.02 Å². The zero-order chi connectivity index (χ0) is 13.7. The maximum Gasteiger partial charge on any atom is 0.270 e. The maximum absolute atomic E-state index is 12.0. The van der Waals surface area contributed by atoms with Crippen molar-refractivity contribution in [2.75, 3.05) is 20.2 Å². The quantitative estimate of drug-likeness (QED) is 0.914. The molecule has 0 aliphatic rings. The molecule has 0 bridgehead atoms. The van der Waals surface area contributed by atoms with Gasteiger partial charge in [-0.25, -0.2) is 0 Å². The Kier molecular flexibility index (Phi) is 4.47. The van der Waals surface area contributed by atoms with E-state index in [4.69, 9.17) is 16.3 Å². The Labute approximate surface area is 116 Å². The Morgan fingerprint density at radius 2 is 2.11 bits per heavy atom. The van der Waals surface area contributed by atoms with Crippen molar-refractivity contribution in [2.24, 2.45) is 0 Å². The first-order valence-corrected chi connectivity index (χ1v) is 6.32. The van der Waals surface area contributed by atoms with E-state index in [2.05, 4.69) is 4.98 Å². The lowest BCUT2D eigenvalue weighted by atomic mass is 10.3. The number of aromatic amines is 1. The molecule has 0 aliphatic carbocycles. The summed E-state index contributed by atoms with van der Waals surface area (Å²) in [6, 6.07) is 11.1. The highest BCUT2D eigenvalue weighted by atomic mass is 35.5. The minimum absolute atomic E-state index is 0.108. The fraction of sp³-hybridized carbons (Fsp3) is 0.214. The van der Waals surface area contributed by atoms with Crippen molar-refractivity contribution >= 4 is 17.5 Å². The molecule has 1 amide bonds.